The lowest BCUT2D eigenvalue weighted by Crippen LogP contribution is -1.73. The van der Waals surface area contributed by atoms with E-state index in [1.165, 1.54) is 0 Å². The minimum atomic E-state index is 0.284. The summed E-state index contributed by atoms with van der Waals surface area (Å²) in [5.74, 6) is 0. The molecule has 70 valence electrons. The monoisotopic (exact) mass is 244 g/mol. The van der Waals surface area contributed by atoms with E-state index in [9.17, 15) is 0 Å². The van der Waals surface area contributed by atoms with Gasteiger partial charge < -0.3 is 4.98 Å². The van der Waals surface area contributed by atoms with Gasteiger partial charge in [-0.1, -0.05) is 34.8 Å². The van der Waals surface area contributed by atoms with Gasteiger partial charge in [-0.25, -0.2) is 0 Å². The quantitative estimate of drug-likeness (QED) is 0.748. The molecule has 0 aliphatic rings. The molecule has 2 nitrogen and oxygen atoms in total. The number of fused-ring (bicyclic) bond motifs is 1. The Kier molecular flexibility index (Phi) is 2.32. The van der Waals surface area contributed by atoms with Crippen molar-refractivity contribution >= 4 is 45.7 Å². The minimum absolute atomic E-state index is 0.284. The van der Waals surface area contributed by atoms with Crippen LogP contribution in [0.25, 0.3) is 10.9 Å². The van der Waals surface area contributed by atoms with Gasteiger partial charge in [-0.2, -0.15) is 5.26 Å². The van der Waals surface area contributed by atoms with Crippen molar-refractivity contribution in [2.45, 2.75) is 0 Å². The second-order valence-corrected chi connectivity index (χ2v) is 3.96. The number of hydrogen-bond acceptors (Lipinski definition) is 1. The summed E-state index contributed by atoms with van der Waals surface area (Å²) in [7, 11) is 0. The van der Waals surface area contributed by atoms with Crippen LogP contribution in [0.3, 0.4) is 0 Å². The van der Waals surface area contributed by atoms with Crippen LogP contribution >= 0.6 is 34.8 Å². The van der Waals surface area contributed by atoms with Gasteiger partial charge in [0.25, 0.3) is 0 Å². The SMILES string of the molecule is N#Cc1c(Cl)[nH]c2cc(Cl)cc(Cl)c12. The third-order valence-corrected chi connectivity index (χ3v) is 2.68. The van der Waals surface area contributed by atoms with E-state index in [0.717, 1.165) is 0 Å². The Morgan fingerprint density at radius 2 is 1.93 bits per heavy atom. The Hall–Kier alpha value is -0.880. The summed E-state index contributed by atoms with van der Waals surface area (Å²) in [6.45, 7) is 0. The van der Waals surface area contributed by atoms with Gasteiger partial charge in [-0.05, 0) is 12.1 Å². The van der Waals surface area contributed by atoms with Crippen molar-refractivity contribution in [2.75, 3.05) is 0 Å². The lowest BCUT2D eigenvalue weighted by molar-refractivity contribution is 1.44. The Morgan fingerprint density at radius 1 is 1.21 bits per heavy atom. The minimum Gasteiger partial charge on any atom is -0.344 e. The van der Waals surface area contributed by atoms with E-state index in [2.05, 4.69) is 4.98 Å². The molecule has 0 radical (unpaired) electrons. The van der Waals surface area contributed by atoms with Crippen molar-refractivity contribution in [3.63, 3.8) is 0 Å². The molecule has 1 heterocycles. The fraction of sp³-hybridized carbons (Fsp3) is 0. The molecule has 0 saturated carbocycles. The first-order chi connectivity index (χ1) is 6.63. The van der Waals surface area contributed by atoms with Gasteiger partial charge in [0.15, 0.2) is 0 Å². The summed E-state index contributed by atoms with van der Waals surface area (Å²) < 4.78 is 0. The molecule has 5 heteroatoms. The van der Waals surface area contributed by atoms with E-state index in [0.29, 0.717) is 26.5 Å². The Morgan fingerprint density at radius 3 is 2.57 bits per heavy atom. The lowest BCUT2D eigenvalue weighted by Gasteiger charge is -1.95. The molecule has 0 amide bonds. The number of hydrogen-bond donors (Lipinski definition) is 1. The summed E-state index contributed by atoms with van der Waals surface area (Å²) in [6, 6.07) is 5.24. The first-order valence-corrected chi connectivity index (χ1v) is 4.83. The first-order valence-electron chi connectivity index (χ1n) is 3.70. The topological polar surface area (TPSA) is 39.6 Å². The fourth-order valence-corrected chi connectivity index (χ4v) is 2.15. The molecule has 0 unspecified atom stereocenters. The van der Waals surface area contributed by atoms with E-state index in [4.69, 9.17) is 40.1 Å². The van der Waals surface area contributed by atoms with Crippen molar-refractivity contribution in [2.24, 2.45) is 0 Å². The molecule has 0 atom stereocenters. The predicted octanol–water partition coefficient (Wildman–Crippen LogP) is 4.00. The number of nitriles is 1. The highest BCUT2D eigenvalue weighted by atomic mass is 35.5. The normalized spacial score (nSPS) is 10.4. The maximum atomic E-state index is 8.85. The molecule has 0 bridgehead atoms. The number of aromatic nitrogens is 1. The first kappa shape index (κ1) is 9.67. The molecule has 1 aromatic carbocycles. The van der Waals surface area contributed by atoms with Crippen LogP contribution in [0.4, 0.5) is 0 Å². The average Bonchev–Trinajstić information content (AvgIpc) is 2.40. The molecule has 1 N–H and O–H groups in total. The maximum absolute atomic E-state index is 8.85. The van der Waals surface area contributed by atoms with E-state index in [-0.39, 0.29) is 5.15 Å². The molecule has 0 aliphatic heterocycles. The number of H-pyrrole nitrogens is 1. The van der Waals surface area contributed by atoms with Gasteiger partial charge in [0.1, 0.15) is 11.2 Å². The summed E-state index contributed by atoms with van der Waals surface area (Å²) in [4.78, 5) is 2.83. The van der Waals surface area contributed by atoms with Crippen LogP contribution in [0.15, 0.2) is 12.1 Å². The maximum Gasteiger partial charge on any atom is 0.125 e. The van der Waals surface area contributed by atoms with Crippen molar-refractivity contribution < 1.29 is 0 Å². The van der Waals surface area contributed by atoms with Crippen LogP contribution in [-0.2, 0) is 0 Å². The second kappa shape index (κ2) is 3.36. The number of nitrogens with zero attached hydrogens (tertiary/aromatic N) is 1. The average molecular weight is 245 g/mol. The van der Waals surface area contributed by atoms with Gasteiger partial charge in [-0.15, -0.1) is 0 Å². The molecule has 14 heavy (non-hydrogen) atoms. The van der Waals surface area contributed by atoms with Crippen LogP contribution < -0.4 is 0 Å². The summed E-state index contributed by atoms with van der Waals surface area (Å²) in [6.07, 6.45) is 0. The van der Waals surface area contributed by atoms with Crippen molar-refractivity contribution in [1.82, 2.24) is 4.98 Å². The van der Waals surface area contributed by atoms with Crippen LogP contribution in [0, 0.1) is 11.3 Å². The van der Waals surface area contributed by atoms with E-state index < -0.39 is 0 Å². The second-order valence-electron chi connectivity index (χ2n) is 2.74. The molecule has 1 aromatic heterocycles. The van der Waals surface area contributed by atoms with Gasteiger partial charge in [0.2, 0.25) is 0 Å². The van der Waals surface area contributed by atoms with Crippen LogP contribution in [0.1, 0.15) is 5.56 Å². The zero-order valence-electron chi connectivity index (χ0n) is 6.74. The highest BCUT2D eigenvalue weighted by Crippen LogP contribution is 2.33. The third kappa shape index (κ3) is 1.34. The van der Waals surface area contributed by atoms with Crippen LogP contribution in [-0.4, -0.2) is 4.98 Å². The van der Waals surface area contributed by atoms with Crippen molar-refractivity contribution in [3.05, 3.63) is 32.9 Å². The Balaban J connectivity index is 2.97. The van der Waals surface area contributed by atoms with Crippen molar-refractivity contribution in [3.8, 4) is 6.07 Å². The van der Waals surface area contributed by atoms with Crippen molar-refractivity contribution in [1.29, 1.82) is 5.26 Å². The van der Waals surface area contributed by atoms with Crippen LogP contribution in [0.5, 0.6) is 0 Å². The highest BCUT2D eigenvalue weighted by molar-refractivity contribution is 6.40. The molecular weight excluding hydrogens is 242 g/mol. The molecule has 2 aromatic rings. The summed E-state index contributed by atoms with van der Waals surface area (Å²) in [5, 5.41) is 10.7. The third-order valence-electron chi connectivity index (χ3n) is 1.88. The summed E-state index contributed by atoms with van der Waals surface area (Å²) >= 11 is 17.6. The number of nitrogens with one attached hydrogen (secondary N) is 1. The molecule has 0 aliphatic carbocycles. The van der Waals surface area contributed by atoms with E-state index >= 15 is 0 Å². The molecular formula is C9H3Cl3N2. The van der Waals surface area contributed by atoms with Gasteiger partial charge in [-0.3, -0.25) is 0 Å². The number of aromatic amines is 1. The fourth-order valence-electron chi connectivity index (χ4n) is 1.32. The number of rotatable bonds is 0. The Bertz CT molecular complexity index is 551. The molecule has 0 spiro atoms. The molecule has 0 fully saturated rings. The number of benzene rings is 1. The van der Waals surface area contributed by atoms with Gasteiger partial charge in [0, 0.05) is 10.4 Å². The van der Waals surface area contributed by atoms with Crippen LogP contribution in [0.2, 0.25) is 15.2 Å². The largest absolute Gasteiger partial charge is 0.344 e. The van der Waals surface area contributed by atoms with E-state index in [1.54, 1.807) is 12.1 Å². The standard InChI is InChI=1S/C9H3Cl3N2/c10-4-1-6(11)8-5(3-13)9(12)14-7(8)2-4/h1-2,14H. The van der Waals surface area contributed by atoms with Gasteiger partial charge in [0.05, 0.1) is 16.1 Å². The zero-order chi connectivity index (χ0) is 10.3. The molecule has 0 saturated heterocycles. The number of halogens is 3. The van der Waals surface area contributed by atoms with Gasteiger partial charge >= 0.3 is 0 Å². The zero-order valence-corrected chi connectivity index (χ0v) is 9.00. The molecule has 2 rings (SSSR count). The highest BCUT2D eigenvalue weighted by Gasteiger charge is 2.13. The predicted molar refractivity (Wildman–Crippen MR) is 58.0 cm³/mol. The summed E-state index contributed by atoms with van der Waals surface area (Å²) in [5.41, 5.74) is 1.02. The Labute approximate surface area is 95.0 Å². The van der Waals surface area contributed by atoms with E-state index in [1.807, 2.05) is 6.07 Å². The smallest absolute Gasteiger partial charge is 0.125 e. The lowest BCUT2D eigenvalue weighted by atomic mass is 10.2.